The third-order valence-corrected chi connectivity index (χ3v) is 1.84. The van der Waals surface area contributed by atoms with Crippen LogP contribution in [-0.2, 0) is 4.79 Å². The quantitative estimate of drug-likeness (QED) is 0.705. The van der Waals surface area contributed by atoms with Crippen LogP contribution in [0.25, 0.3) is 0 Å². The molecule has 0 aliphatic heterocycles. The van der Waals surface area contributed by atoms with Gasteiger partial charge in [-0.05, 0) is 19.1 Å². The number of hydrogen-bond acceptors (Lipinski definition) is 4. The Labute approximate surface area is 82.7 Å². The van der Waals surface area contributed by atoms with E-state index in [0.717, 1.165) is 0 Å². The van der Waals surface area contributed by atoms with E-state index in [-0.39, 0.29) is 6.54 Å². The molecular formula is C9H14N4O. The molecule has 4 N–H and O–H groups in total. The van der Waals surface area contributed by atoms with Crippen LogP contribution in [0.1, 0.15) is 6.92 Å². The minimum Gasteiger partial charge on any atom is -0.396 e. The average molecular weight is 194 g/mol. The van der Waals surface area contributed by atoms with Crippen LogP contribution in [-0.4, -0.2) is 24.0 Å². The number of rotatable bonds is 4. The van der Waals surface area contributed by atoms with E-state index < -0.39 is 5.91 Å². The topological polar surface area (TPSA) is 85.2 Å². The van der Waals surface area contributed by atoms with Crippen LogP contribution in [0.4, 0.5) is 11.5 Å². The molecule has 0 aromatic carbocycles. The van der Waals surface area contributed by atoms with Crippen molar-refractivity contribution >= 4 is 17.4 Å². The number of carbonyl (C=O) groups is 1. The number of likely N-dealkylation sites (N-methyl/N-ethyl adjacent to an activating group) is 1. The van der Waals surface area contributed by atoms with Gasteiger partial charge in [0, 0.05) is 12.7 Å². The van der Waals surface area contributed by atoms with Crippen LogP contribution in [0.15, 0.2) is 18.3 Å². The van der Waals surface area contributed by atoms with E-state index in [0.29, 0.717) is 18.1 Å². The van der Waals surface area contributed by atoms with Gasteiger partial charge < -0.3 is 16.4 Å². The second-order valence-corrected chi connectivity index (χ2v) is 2.90. The molecule has 0 radical (unpaired) electrons. The number of hydrogen-bond donors (Lipinski definition) is 2. The summed E-state index contributed by atoms with van der Waals surface area (Å²) in [6.45, 7) is 2.69. The van der Waals surface area contributed by atoms with Crippen molar-refractivity contribution in [3.05, 3.63) is 18.3 Å². The minimum absolute atomic E-state index is 0.137. The van der Waals surface area contributed by atoms with Gasteiger partial charge in [0.05, 0.1) is 12.2 Å². The number of pyridine rings is 1. The Bertz CT molecular complexity index is 326. The van der Waals surface area contributed by atoms with Crippen LogP contribution < -0.4 is 16.4 Å². The predicted octanol–water partition coefficient (Wildman–Crippen LogP) is -0.0246. The molecule has 0 atom stereocenters. The van der Waals surface area contributed by atoms with Crippen LogP contribution in [0, 0.1) is 0 Å². The fourth-order valence-electron chi connectivity index (χ4n) is 1.20. The highest BCUT2D eigenvalue weighted by Crippen LogP contribution is 2.17. The number of aromatic nitrogens is 1. The monoisotopic (exact) mass is 194 g/mol. The third kappa shape index (κ3) is 2.35. The van der Waals surface area contributed by atoms with Crippen LogP contribution in [0.3, 0.4) is 0 Å². The predicted molar refractivity (Wildman–Crippen MR) is 55.7 cm³/mol. The molecule has 0 fully saturated rings. The summed E-state index contributed by atoms with van der Waals surface area (Å²) < 4.78 is 0. The Hall–Kier alpha value is -1.78. The highest BCUT2D eigenvalue weighted by molar-refractivity contribution is 5.80. The standard InChI is InChI=1S/C9H14N4O/c1-2-13(6-8(11)14)9-7(10)4-3-5-12-9/h3-5H,2,6,10H2,1H3,(H2,11,14). The summed E-state index contributed by atoms with van der Waals surface area (Å²) in [6.07, 6.45) is 1.63. The first-order valence-electron chi connectivity index (χ1n) is 4.39. The Morgan fingerprint density at radius 3 is 2.86 bits per heavy atom. The van der Waals surface area contributed by atoms with Crippen molar-refractivity contribution in [1.29, 1.82) is 0 Å². The van der Waals surface area contributed by atoms with E-state index in [9.17, 15) is 4.79 Å². The van der Waals surface area contributed by atoms with Gasteiger partial charge in [0.2, 0.25) is 5.91 Å². The van der Waals surface area contributed by atoms with Gasteiger partial charge in [-0.15, -0.1) is 0 Å². The molecule has 1 aromatic heterocycles. The minimum atomic E-state index is -0.392. The van der Waals surface area contributed by atoms with Crippen LogP contribution >= 0.6 is 0 Å². The van der Waals surface area contributed by atoms with Crippen molar-refractivity contribution in [1.82, 2.24) is 4.98 Å². The second-order valence-electron chi connectivity index (χ2n) is 2.90. The zero-order valence-electron chi connectivity index (χ0n) is 8.10. The summed E-state index contributed by atoms with van der Waals surface area (Å²) in [5, 5.41) is 0. The molecule has 1 aromatic rings. The molecule has 0 aliphatic carbocycles. The smallest absolute Gasteiger partial charge is 0.236 e. The van der Waals surface area contributed by atoms with E-state index in [1.807, 2.05) is 6.92 Å². The lowest BCUT2D eigenvalue weighted by Gasteiger charge is -2.21. The largest absolute Gasteiger partial charge is 0.396 e. The molecule has 0 aliphatic rings. The van der Waals surface area contributed by atoms with Gasteiger partial charge in [0.25, 0.3) is 0 Å². The van der Waals surface area contributed by atoms with E-state index in [1.54, 1.807) is 23.2 Å². The molecule has 0 unspecified atom stereocenters. The van der Waals surface area contributed by atoms with Gasteiger partial charge in [-0.25, -0.2) is 4.98 Å². The van der Waals surface area contributed by atoms with Crippen molar-refractivity contribution in [3.63, 3.8) is 0 Å². The zero-order valence-corrected chi connectivity index (χ0v) is 8.10. The zero-order chi connectivity index (χ0) is 10.6. The summed E-state index contributed by atoms with van der Waals surface area (Å²) in [5.74, 6) is 0.214. The average Bonchev–Trinajstić information content (AvgIpc) is 2.15. The normalized spacial score (nSPS) is 9.79. The first-order chi connectivity index (χ1) is 6.65. The summed E-state index contributed by atoms with van der Waals surface area (Å²) in [6, 6.07) is 3.49. The van der Waals surface area contributed by atoms with Crippen molar-refractivity contribution in [3.8, 4) is 0 Å². The maximum absolute atomic E-state index is 10.8. The van der Waals surface area contributed by atoms with Gasteiger partial charge >= 0.3 is 0 Å². The summed E-state index contributed by atoms with van der Waals surface area (Å²) in [4.78, 5) is 16.6. The van der Waals surface area contributed by atoms with E-state index in [1.165, 1.54) is 0 Å². The molecule has 76 valence electrons. The third-order valence-electron chi connectivity index (χ3n) is 1.84. The lowest BCUT2D eigenvalue weighted by Crippen LogP contribution is -2.34. The number of amides is 1. The Balaban J connectivity index is 2.89. The maximum Gasteiger partial charge on any atom is 0.236 e. The molecule has 0 bridgehead atoms. The molecule has 1 heterocycles. The van der Waals surface area contributed by atoms with Crippen molar-refractivity contribution in [2.24, 2.45) is 5.73 Å². The Morgan fingerprint density at radius 1 is 1.64 bits per heavy atom. The van der Waals surface area contributed by atoms with Crippen molar-refractivity contribution in [2.45, 2.75) is 6.92 Å². The van der Waals surface area contributed by atoms with Crippen molar-refractivity contribution < 1.29 is 4.79 Å². The fraction of sp³-hybridized carbons (Fsp3) is 0.333. The van der Waals surface area contributed by atoms with Crippen LogP contribution in [0.2, 0.25) is 0 Å². The summed E-state index contributed by atoms with van der Waals surface area (Å²) in [7, 11) is 0. The summed E-state index contributed by atoms with van der Waals surface area (Å²) >= 11 is 0. The van der Waals surface area contributed by atoms with Crippen LogP contribution in [0.5, 0.6) is 0 Å². The van der Waals surface area contributed by atoms with Crippen molar-refractivity contribution in [2.75, 3.05) is 23.7 Å². The maximum atomic E-state index is 10.8. The van der Waals surface area contributed by atoms with Gasteiger partial charge in [0.15, 0.2) is 5.82 Å². The first-order valence-corrected chi connectivity index (χ1v) is 4.39. The number of nitrogens with zero attached hydrogens (tertiary/aromatic N) is 2. The molecule has 14 heavy (non-hydrogen) atoms. The second kappa shape index (κ2) is 4.45. The number of carbonyl (C=O) groups excluding carboxylic acids is 1. The van der Waals surface area contributed by atoms with Gasteiger partial charge in [0.1, 0.15) is 0 Å². The molecule has 1 amide bonds. The Morgan fingerprint density at radius 2 is 2.36 bits per heavy atom. The SMILES string of the molecule is CCN(CC(N)=O)c1ncccc1N. The van der Waals surface area contributed by atoms with E-state index in [4.69, 9.17) is 11.5 Å². The Kier molecular flexibility index (Phi) is 3.28. The molecule has 0 spiro atoms. The lowest BCUT2D eigenvalue weighted by molar-refractivity contribution is -0.116. The molecule has 1 rings (SSSR count). The lowest BCUT2D eigenvalue weighted by atomic mass is 10.3. The molecule has 5 nitrogen and oxygen atoms in total. The number of primary amides is 1. The molecule has 0 saturated carbocycles. The van der Waals surface area contributed by atoms with Gasteiger partial charge in [-0.3, -0.25) is 4.79 Å². The van der Waals surface area contributed by atoms with Gasteiger partial charge in [-0.1, -0.05) is 0 Å². The highest BCUT2D eigenvalue weighted by atomic mass is 16.1. The number of nitrogen functional groups attached to an aromatic ring is 1. The van der Waals surface area contributed by atoms with Gasteiger partial charge in [-0.2, -0.15) is 0 Å². The first kappa shape index (κ1) is 10.3. The number of anilines is 2. The summed E-state index contributed by atoms with van der Waals surface area (Å²) in [5.41, 5.74) is 11.4. The molecular weight excluding hydrogens is 180 g/mol. The fourth-order valence-corrected chi connectivity index (χ4v) is 1.20. The van der Waals surface area contributed by atoms with E-state index in [2.05, 4.69) is 4.98 Å². The number of nitrogens with two attached hydrogens (primary N) is 2. The van der Waals surface area contributed by atoms with E-state index >= 15 is 0 Å². The molecule has 0 saturated heterocycles. The highest BCUT2D eigenvalue weighted by Gasteiger charge is 2.10. The molecule has 5 heteroatoms.